The smallest absolute Gasteiger partial charge is 0.329 e. The van der Waals surface area contributed by atoms with Gasteiger partial charge in [0.2, 0.25) is 0 Å². The van der Waals surface area contributed by atoms with Crippen LogP contribution in [-0.2, 0) is 22.7 Å². The molecular formula is C24H21ClFN3O4. The van der Waals surface area contributed by atoms with E-state index in [4.69, 9.17) is 21.1 Å². The predicted molar refractivity (Wildman–Crippen MR) is 123 cm³/mol. The summed E-state index contributed by atoms with van der Waals surface area (Å²) in [6.07, 6.45) is 1.35. The molecule has 0 aromatic heterocycles. The van der Waals surface area contributed by atoms with Crippen LogP contribution in [0.5, 0.6) is 11.5 Å². The van der Waals surface area contributed by atoms with E-state index in [1.807, 2.05) is 30.3 Å². The highest BCUT2D eigenvalue weighted by molar-refractivity contribution is 6.35. The van der Waals surface area contributed by atoms with Gasteiger partial charge in [-0.1, -0.05) is 48.0 Å². The summed E-state index contributed by atoms with van der Waals surface area (Å²) >= 11 is 6.02. The van der Waals surface area contributed by atoms with Crippen molar-refractivity contribution in [1.29, 1.82) is 0 Å². The van der Waals surface area contributed by atoms with Crippen molar-refractivity contribution >= 4 is 29.6 Å². The van der Waals surface area contributed by atoms with Gasteiger partial charge in [0.25, 0.3) is 0 Å². The number of ether oxygens (including phenoxy) is 2. The van der Waals surface area contributed by atoms with E-state index in [9.17, 15) is 14.0 Å². The maximum atomic E-state index is 13.9. The number of hydrogen-bond acceptors (Lipinski definition) is 5. The Hall–Kier alpha value is -3.91. The van der Waals surface area contributed by atoms with Gasteiger partial charge >= 0.3 is 11.8 Å². The van der Waals surface area contributed by atoms with Crippen LogP contribution in [0, 0.1) is 5.82 Å². The number of nitrogens with one attached hydrogen (secondary N) is 2. The zero-order chi connectivity index (χ0) is 23.6. The molecule has 0 aliphatic carbocycles. The molecule has 0 radical (unpaired) electrons. The Labute approximate surface area is 195 Å². The van der Waals surface area contributed by atoms with Crippen LogP contribution >= 0.6 is 11.6 Å². The summed E-state index contributed by atoms with van der Waals surface area (Å²) < 4.78 is 24.9. The van der Waals surface area contributed by atoms with Crippen molar-refractivity contribution in [2.45, 2.75) is 13.2 Å². The van der Waals surface area contributed by atoms with Crippen LogP contribution in [0.15, 0.2) is 71.8 Å². The number of carbonyl (C=O) groups is 2. The molecule has 2 amide bonds. The van der Waals surface area contributed by atoms with Gasteiger partial charge in [-0.25, -0.2) is 9.82 Å². The van der Waals surface area contributed by atoms with Crippen LogP contribution in [0.1, 0.15) is 16.7 Å². The first-order chi connectivity index (χ1) is 16.0. The first kappa shape index (κ1) is 23.7. The van der Waals surface area contributed by atoms with Crippen molar-refractivity contribution in [2.24, 2.45) is 5.10 Å². The van der Waals surface area contributed by atoms with E-state index >= 15 is 0 Å². The third kappa shape index (κ3) is 6.78. The average molecular weight is 470 g/mol. The van der Waals surface area contributed by atoms with E-state index in [0.29, 0.717) is 17.1 Å². The Kier molecular flexibility index (Phi) is 8.37. The molecule has 7 nitrogen and oxygen atoms in total. The predicted octanol–water partition coefficient (Wildman–Crippen LogP) is 3.83. The topological polar surface area (TPSA) is 89.0 Å². The van der Waals surface area contributed by atoms with E-state index in [-0.39, 0.29) is 23.7 Å². The Morgan fingerprint density at radius 3 is 2.55 bits per heavy atom. The molecule has 0 spiro atoms. The second-order valence-electron chi connectivity index (χ2n) is 6.77. The fourth-order valence-corrected chi connectivity index (χ4v) is 3.00. The minimum absolute atomic E-state index is 0.0799. The second-order valence-corrected chi connectivity index (χ2v) is 7.17. The first-order valence-electron chi connectivity index (χ1n) is 9.87. The molecule has 3 aromatic rings. The summed E-state index contributed by atoms with van der Waals surface area (Å²) in [4.78, 5) is 23.8. The lowest BCUT2D eigenvalue weighted by Gasteiger charge is -2.12. The third-order valence-corrected chi connectivity index (χ3v) is 4.86. The van der Waals surface area contributed by atoms with Crippen LogP contribution in [-0.4, -0.2) is 25.1 Å². The van der Waals surface area contributed by atoms with Crippen molar-refractivity contribution in [3.63, 3.8) is 0 Å². The third-order valence-electron chi connectivity index (χ3n) is 4.50. The number of methoxy groups -OCH3 is 1. The number of carbonyl (C=O) groups excluding carboxylic acids is 2. The highest BCUT2D eigenvalue weighted by atomic mass is 35.5. The maximum Gasteiger partial charge on any atom is 0.329 e. The van der Waals surface area contributed by atoms with Gasteiger partial charge in [0, 0.05) is 12.1 Å². The average Bonchev–Trinajstić information content (AvgIpc) is 2.83. The summed E-state index contributed by atoms with van der Waals surface area (Å²) in [6.45, 7) is 0.150. The molecule has 3 aromatic carbocycles. The molecule has 0 fully saturated rings. The van der Waals surface area contributed by atoms with Gasteiger partial charge < -0.3 is 14.8 Å². The normalized spacial score (nSPS) is 10.6. The molecule has 0 unspecified atom stereocenters. The highest BCUT2D eigenvalue weighted by Crippen LogP contribution is 2.29. The Bertz CT molecular complexity index is 1140. The lowest BCUT2D eigenvalue weighted by molar-refractivity contribution is -0.139. The lowest BCUT2D eigenvalue weighted by Crippen LogP contribution is -2.37. The first-order valence-corrected chi connectivity index (χ1v) is 10.2. The fourth-order valence-electron chi connectivity index (χ4n) is 2.78. The summed E-state index contributed by atoms with van der Waals surface area (Å²) in [7, 11) is 1.46. The van der Waals surface area contributed by atoms with E-state index in [2.05, 4.69) is 15.8 Å². The molecule has 0 bridgehead atoms. The van der Waals surface area contributed by atoms with Crippen LogP contribution in [0.2, 0.25) is 5.02 Å². The number of rotatable bonds is 8. The summed E-state index contributed by atoms with van der Waals surface area (Å²) in [5, 5.41) is 6.57. The largest absolute Gasteiger partial charge is 0.493 e. The molecular weight excluding hydrogens is 449 g/mol. The van der Waals surface area contributed by atoms with Crippen molar-refractivity contribution in [3.05, 3.63) is 94.3 Å². The van der Waals surface area contributed by atoms with Crippen LogP contribution in [0.25, 0.3) is 0 Å². The number of halogens is 2. The summed E-state index contributed by atoms with van der Waals surface area (Å²) in [5.41, 5.74) is 3.85. The van der Waals surface area contributed by atoms with Gasteiger partial charge in [-0.15, -0.1) is 0 Å². The molecule has 2 N–H and O–H groups in total. The van der Waals surface area contributed by atoms with Crippen molar-refractivity contribution in [3.8, 4) is 11.5 Å². The molecule has 0 saturated heterocycles. The minimum Gasteiger partial charge on any atom is -0.493 e. The Morgan fingerprint density at radius 1 is 1.03 bits per heavy atom. The van der Waals surface area contributed by atoms with E-state index in [1.165, 1.54) is 25.5 Å². The number of nitrogens with zero attached hydrogens (tertiary/aromatic N) is 1. The van der Waals surface area contributed by atoms with Gasteiger partial charge in [0.15, 0.2) is 11.5 Å². The zero-order valence-corrected chi connectivity index (χ0v) is 18.4. The number of hydrazone groups is 1. The number of amides is 2. The highest BCUT2D eigenvalue weighted by Gasteiger charge is 2.13. The van der Waals surface area contributed by atoms with Crippen molar-refractivity contribution < 1.29 is 23.5 Å². The summed E-state index contributed by atoms with van der Waals surface area (Å²) in [6, 6.07) is 18.5. The molecule has 33 heavy (non-hydrogen) atoms. The lowest BCUT2D eigenvalue weighted by atomic mass is 10.2. The van der Waals surface area contributed by atoms with Gasteiger partial charge in [0.05, 0.1) is 18.3 Å². The summed E-state index contributed by atoms with van der Waals surface area (Å²) in [5.74, 6) is -1.41. The number of benzene rings is 3. The fraction of sp³-hybridized carbons (Fsp3) is 0.125. The number of hydrogen-bond donors (Lipinski definition) is 2. The quantitative estimate of drug-likeness (QED) is 0.298. The Balaban J connectivity index is 1.55. The van der Waals surface area contributed by atoms with Crippen molar-refractivity contribution in [2.75, 3.05) is 7.11 Å². The van der Waals surface area contributed by atoms with Crippen LogP contribution < -0.4 is 20.2 Å². The molecule has 0 heterocycles. The van der Waals surface area contributed by atoms with Gasteiger partial charge in [-0.2, -0.15) is 5.10 Å². The molecule has 0 saturated carbocycles. The standard InChI is InChI=1S/C24H21ClFN3O4/c1-32-22-12-17(10-11-21(22)33-15-18-19(25)8-5-9-20(18)26)14-28-29-24(31)23(30)27-13-16-6-3-2-4-7-16/h2-12,14H,13,15H2,1H3,(H,27,30)(H,29,31)/b28-14+. The molecule has 0 aliphatic heterocycles. The van der Waals surface area contributed by atoms with E-state index in [0.717, 1.165) is 5.56 Å². The van der Waals surface area contributed by atoms with Crippen LogP contribution in [0.3, 0.4) is 0 Å². The molecule has 170 valence electrons. The van der Waals surface area contributed by atoms with Crippen molar-refractivity contribution in [1.82, 2.24) is 10.7 Å². The molecule has 3 rings (SSSR count). The zero-order valence-electron chi connectivity index (χ0n) is 17.7. The molecule has 0 atom stereocenters. The van der Waals surface area contributed by atoms with E-state index < -0.39 is 17.6 Å². The van der Waals surface area contributed by atoms with Gasteiger partial charge in [-0.05, 0) is 41.5 Å². The van der Waals surface area contributed by atoms with Crippen LogP contribution in [0.4, 0.5) is 4.39 Å². The Morgan fingerprint density at radius 2 is 1.82 bits per heavy atom. The van der Waals surface area contributed by atoms with E-state index in [1.54, 1.807) is 24.3 Å². The SMILES string of the molecule is COc1cc(/C=N/NC(=O)C(=O)NCc2ccccc2)ccc1OCc1c(F)cccc1Cl. The van der Waals surface area contributed by atoms with Gasteiger partial charge in [0.1, 0.15) is 12.4 Å². The molecule has 9 heteroatoms. The maximum absolute atomic E-state index is 13.9. The second kappa shape index (κ2) is 11.6. The minimum atomic E-state index is -0.893. The molecule has 0 aliphatic rings. The monoisotopic (exact) mass is 469 g/mol. The van der Waals surface area contributed by atoms with Gasteiger partial charge in [-0.3, -0.25) is 9.59 Å².